The van der Waals surface area contributed by atoms with Gasteiger partial charge in [-0.2, -0.15) is 0 Å². The number of nitrogens with one attached hydrogen (secondary N) is 2. The summed E-state index contributed by atoms with van der Waals surface area (Å²) in [5, 5.41) is 9.91. The quantitative estimate of drug-likeness (QED) is 0.401. The predicted molar refractivity (Wildman–Crippen MR) is 159 cm³/mol. The molecule has 5 heterocycles. The van der Waals surface area contributed by atoms with Crippen LogP contribution in [0.4, 0.5) is 10.5 Å². The van der Waals surface area contributed by atoms with Crippen LogP contribution in [0.1, 0.15) is 32.9 Å². The maximum Gasteiger partial charge on any atom is 0.408 e. The van der Waals surface area contributed by atoms with Gasteiger partial charge in [0, 0.05) is 32.6 Å². The van der Waals surface area contributed by atoms with Crippen molar-refractivity contribution in [2.45, 2.75) is 39.2 Å². The number of aldehydes is 1. The summed E-state index contributed by atoms with van der Waals surface area (Å²) in [5.41, 5.74) is 4.21. The van der Waals surface area contributed by atoms with Crippen molar-refractivity contribution in [1.82, 2.24) is 25.6 Å². The molecule has 1 saturated heterocycles. The molecule has 0 saturated carbocycles. The molecule has 0 radical (unpaired) electrons. The number of carbonyl (C=O) groups excluding carboxylic acids is 2. The minimum absolute atomic E-state index is 0.00505. The Morgan fingerprint density at radius 2 is 2.08 bits per heavy atom. The first-order chi connectivity index (χ1) is 18.8. The smallest absolute Gasteiger partial charge is 0.408 e. The lowest BCUT2D eigenvalue weighted by atomic mass is 10.1. The number of aromatic nitrogens is 3. The van der Waals surface area contributed by atoms with Crippen LogP contribution in [0.2, 0.25) is 0 Å². The SMILES string of the molecule is C1=CSC(Cc2nc3ncc(N4CCNCC4)cc3nc2-c2cccs2)=CC1.CC(C)(C)OC(=O)NCC=O. The van der Waals surface area contributed by atoms with Gasteiger partial charge in [0.2, 0.25) is 0 Å². The van der Waals surface area contributed by atoms with Gasteiger partial charge >= 0.3 is 6.09 Å². The van der Waals surface area contributed by atoms with Gasteiger partial charge in [0.15, 0.2) is 5.65 Å². The maximum absolute atomic E-state index is 10.7. The van der Waals surface area contributed by atoms with Crippen LogP contribution in [-0.2, 0) is 16.0 Å². The van der Waals surface area contributed by atoms with Crippen molar-refractivity contribution < 1.29 is 14.3 Å². The van der Waals surface area contributed by atoms with E-state index in [2.05, 4.69) is 61.7 Å². The predicted octanol–water partition coefficient (Wildman–Crippen LogP) is 4.95. The van der Waals surface area contributed by atoms with E-state index in [-0.39, 0.29) is 6.54 Å². The minimum atomic E-state index is -0.565. The van der Waals surface area contributed by atoms with Gasteiger partial charge in [-0.25, -0.2) is 19.7 Å². The number of hydrogen-bond acceptors (Lipinski definition) is 10. The van der Waals surface area contributed by atoms with Gasteiger partial charge in [-0.15, -0.1) is 23.1 Å². The van der Waals surface area contributed by atoms with Gasteiger partial charge in [0.05, 0.1) is 29.0 Å². The lowest BCUT2D eigenvalue weighted by Crippen LogP contribution is -2.43. The highest BCUT2D eigenvalue weighted by molar-refractivity contribution is 8.05. The Kier molecular flexibility index (Phi) is 10.1. The fraction of sp³-hybridized carbons (Fsp3) is 0.393. The second kappa shape index (κ2) is 13.7. The van der Waals surface area contributed by atoms with E-state index in [1.165, 1.54) is 4.91 Å². The van der Waals surface area contributed by atoms with Crippen molar-refractivity contribution in [2.75, 3.05) is 37.6 Å². The number of fused-ring (bicyclic) bond motifs is 1. The third kappa shape index (κ3) is 8.61. The second-order valence-corrected chi connectivity index (χ2v) is 11.9. The molecule has 0 atom stereocenters. The molecule has 0 bridgehead atoms. The van der Waals surface area contributed by atoms with Crippen molar-refractivity contribution in [1.29, 1.82) is 0 Å². The first kappa shape index (κ1) is 28.7. The summed E-state index contributed by atoms with van der Waals surface area (Å²) >= 11 is 3.48. The topological polar surface area (TPSA) is 109 Å². The van der Waals surface area contributed by atoms with Crippen LogP contribution in [-0.4, -0.2) is 65.7 Å². The molecule has 3 aromatic rings. The minimum Gasteiger partial charge on any atom is -0.444 e. The van der Waals surface area contributed by atoms with Crippen molar-refractivity contribution >= 4 is 52.3 Å². The summed E-state index contributed by atoms with van der Waals surface area (Å²) in [7, 11) is 0. The largest absolute Gasteiger partial charge is 0.444 e. The first-order valence-electron chi connectivity index (χ1n) is 12.9. The zero-order valence-corrected chi connectivity index (χ0v) is 24.1. The Hall–Kier alpha value is -3.28. The summed E-state index contributed by atoms with van der Waals surface area (Å²) in [4.78, 5) is 40.0. The summed E-state index contributed by atoms with van der Waals surface area (Å²) in [5.74, 6) is 0. The third-order valence-corrected chi connectivity index (χ3v) is 7.50. The molecular weight excluding hydrogens is 532 g/mol. The number of alkyl carbamates (subject to hydrolysis) is 1. The number of anilines is 1. The molecule has 5 rings (SSSR count). The molecule has 0 unspecified atom stereocenters. The molecule has 3 aromatic heterocycles. The fourth-order valence-corrected chi connectivity index (χ4v) is 5.49. The number of pyridine rings is 1. The number of allylic oxidation sites excluding steroid dienone is 3. The van der Waals surface area contributed by atoms with Gasteiger partial charge in [-0.1, -0.05) is 18.2 Å². The highest BCUT2D eigenvalue weighted by Gasteiger charge is 2.17. The highest BCUT2D eigenvalue weighted by atomic mass is 32.2. The Bertz CT molecular complexity index is 1330. The number of ether oxygens (including phenoxy) is 1. The normalized spacial score (nSPS) is 15.3. The fourth-order valence-electron chi connectivity index (χ4n) is 3.96. The molecular formula is C28H34N6O3S2. The lowest BCUT2D eigenvalue weighted by molar-refractivity contribution is -0.107. The number of carbonyl (C=O) groups is 2. The van der Waals surface area contributed by atoms with Crippen LogP contribution in [0.25, 0.3) is 21.7 Å². The molecule has 0 aromatic carbocycles. The van der Waals surface area contributed by atoms with Gasteiger partial charge in [0.25, 0.3) is 0 Å². The number of rotatable bonds is 6. The molecule has 39 heavy (non-hydrogen) atoms. The standard InChI is InChI=1S/C21H21N5S2.C7H13NO3/c1-2-10-27-16(4-1)13-17-20(19-5-3-11-28-19)24-18-12-15(14-23-21(18)25-17)26-8-6-22-7-9-26;1-7(2,3)11-6(10)8-4-5-9/h2-5,10-12,14,22H,1,6-9,13H2;5H,4H2,1-3H3,(H,8,10). The molecule has 2 aliphatic heterocycles. The molecule has 11 heteroatoms. The number of hydrogen-bond donors (Lipinski definition) is 2. The molecule has 206 valence electrons. The monoisotopic (exact) mass is 566 g/mol. The average Bonchev–Trinajstić information content (AvgIpc) is 3.47. The van der Waals surface area contributed by atoms with E-state index in [0.717, 1.165) is 72.1 Å². The molecule has 2 N–H and O–H groups in total. The molecule has 0 aliphatic carbocycles. The average molecular weight is 567 g/mol. The second-order valence-electron chi connectivity index (χ2n) is 9.89. The zero-order valence-electron chi connectivity index (χ0n) is 22.5. The number of thiophene rings is 1. The van der Waals surface area contributed by atoms with Crippen LogP contribution in [0.5, 0.6) is 0 Å². The van der Waals surface area contributed by atoms with Crippen molar-refractivity contribution in [3.05, 3.63) is 57.9 Å². The van der Waals surface area contributed by atoms with Crippen LogP contribution in [0.15, 0.2) is 52.2 Å². The van der Waals surface area contributed by atoms with Gasteiger partial charge in [-0.05, 0) is 55.0 Å². The van der Waals surface area contributed by atoms with E-state index in [1.807, 2.05) is 6.20 Å². The highest BCUT2D eigenvalue weighted by Crippen LogP contribution is 2.32. The summed E-state index contributed by atoms with van der Waals surface area (Å²) in [6, 6.07) is 6.33. The third-order valence-electron chi connectivity index (χ3n) is 5.68. The zero-order chi connectivity index (χ0) is 27.7. The van der Waals surface area contributed by atoms with Crippen molar-refractivity contribution in [3.63, 3.8) is 0 Å². The van der Waals surface area contributed by atoms with Crippen molar-refractivity contribution in [3.8, 4) is 10.6 Å². The summed E-state index contributed by atoms with van der Waals surface area (Å²) in [6.45, 7) is 9.27. The van der Waals surface area contributed by atoms with E-state index in [1.54, 1.807) is 43.9 Å². The Morgan fingerprint density at radius 3 is 2.74 bits per heavy atom. The van der Waals surface area contributed by atoms with Gasteiger partial charge < -0.3 is 25.1 Å². The van der Waals surface area contributed by atoms with Crippen LogP contribution < -0.4 is 15.5 Å². The van der Waals surface area contributed by atoms with Crippen molar-refractivity contribution in [2.24, 2.45) is 0 Å². The first-order valence-corrected chi connectivity index (χ1v) is 14.7. The number of amides is 1. The molecule has 1 amide bonds. The Morgan fingerprint density at radius 1 is 1.26 bits per heavy atom. The van der Waals surface area contributed by atoms with E-state index in [9.17, 15) is 9.59 Å². The number of thioether (sulfide) groups is 1. The molecule has 2 aliphatic rings. The van der Waals surface area contributed by atoms with Crippen LogP contribution >= 0.6 is 23.1 Å². The van der Waals surface area contributed by atoms with Gasteiger partial charge in [-0.3, -0.25) is 0 Å². The number of nitrogens with zero attached hydrogens (tertiary/aromatic N) is 4. The van der Waals surface area contributed by atoms with Gasteiger partial charge in [0.1, 0.15) is 23.1 Å². The lowest BCUT2D eigenvalue weighted by Gasteiger charge is -2.29. The summed E-state index contributed by atoms with van der Waals surface area (Å²) < 4.78 is 4.83. The maximum atomic E-state index is 10.7. The van der Waals surface area contributed by atoms with Crippen LogP contribution in [0, 0.1) is 0 Å². The Labute approximate surface area is 237 Å². The van der Waals surface area contributed by atoms with E-state index in [0.29, 0.717) is 6.29 Å². The molecule has 9 nitrogen and oxygen atoms in total. The number of piperazine rings is 1. The van der Waals surface area contributed by atoms with E-state index < -0.39 is 11.7 Å². The summed E-state index contributed by atoms with van der Waals surface area (Å²) in [6.07, 6.45) is 8.22. The molecule has 1 fully saturated rings. The van der Waals surface area contributed by atoms with E-state index >= 15 is 0 Å². The molecule has 0 spiro atoms. The van der Waals surface area contributed by atoms with Crippen LogP contribution in [0.3, 0.4) is 0 Å². The Balaban J connectivity index is 0.000000274. The van der Waals surface area contributed by atoms with E-state index in [4.69, 9.17) is 14.7 Å².